The second kappa shape index (κ2) is 4.36. The van der Waals surface area contributed by atoms with Crippen molar-refractivity contribution in [1.82, 2.24) is 9.88 Å². The van der Waals surface area contributed by atoms with Crippen molar-refractivity contribution in [2.75, 3.05) is 6.54 Å². The van der Waals surface area contributed by atoms with E-state index in [1.165, 1.54) is 16.1 Å². The quantitative estimate of drug-likeness (QED) is 0.788. The van der Waals surface area contributed by atoms with Crippen molar-refractivity contribution in [3.8, 4) is 0 Å². The van der Waals surface area contributed by atoms with Gasteiger partial charge in [0.15, 0.2) is 0 Å². The van der Waals surface area contributed by atoms with Gasteiger partial charge in [0.2, 0.25) is 0 Å². The molecule has 2 aromatic rings. The van der Waals surface area contributed by atoms with E-state index < -0.39 is 0 Å². The first-order chi connectivity index (χ1) is 7.92. The Morgan fingerprint density at radius 3 is 3.00 bits per heavy atom. The molecule has 0 amide bonds. The first-order valence-corrected chi connectivity index (χ1v) is 6.47. The second-order valence-corrected chi connectivity index (χ2v) is 5.11. The minimum absolute atomic E-state index is 1.05. The van der Waals surface area contributed by atoms with Gasteiger partial charge in [-0.2, -0.15) is 0 Å². The summed E-state index contributed by atoms with van der Waals surface area (Å²) in [6.07, 6.45) is 1.10. The van der Waals surface area contributed by atoms with Gasteiger partial charge in [-0.25, -0.2) is 4.98 Å². The van der Waals surface area contributed by atoms with Crippen molar-refractivity contribution in [2.24, 2.45) is 0 Å². The topological polar surface area (TPSA) is 16.1 Å². The molecule has 0 spiro atoms. The van der Waals surface area contributed by atoms with Crippen LogP contribution in [0.15, 0.2) is 35.8 Å². The highest BCUT2D eigenvalue weighted by Gasteiger charge is 2.18. The van der Waals surface area contributed by atoms with Crippen LogP contribution in [0.1, 0.15) is 16.1 Å². The first kappa shape index (κ1) is 10.00. The third-order valence-electron chi connectivity index (χ3n) is 3.01. The molecule has 3 rings (SSSR count). The van der Waals surface area contributed by atoms with Gasteiger partial charge in [-0.1, -0.05) is 30.3 Å². The number of fused-ring (bicyclic) bond motifs is 1. The normalized spacial score (nSPS) is 16.0. The van der Waals surface area contributed by atoms with Crippen LogP contribution in [0, 0.1) is 0 Å². The van der Waals surface area contributed by atoms with Crippen LogP contribution >= 0.6 is 11.3 Å². The first-order valence-electron chi connectivity index (χ1n) is 5.59. The van der Waals surface area contributed by atoms with E-state index in [0.717, 1.165) is 26.1 Å². The summed E-state index contributed by atoms with van der Waals surface area (Å²) < 4.78 is 0. The number of thiazole rings is 1. The van der Waals surface area contributed by atoms with E-state index >= 15 is 0 Å². The molecule has 16 heavy (non-hydrogen) atoms. The number of benzene rings is 1. The van der Waals surface area contributed by atoms with Crippen molar-refractivity contribution < 1.29 is 0 Å². The molecule has 0 fully saturated rings. The molecular weight excluding hydrogens is 216 g/mol. The van der Waals surface area contributed by atoms with Gasteiger partial charge in [-0.15, -0.1) is 11.3 Å². The van der Waals surface area contributed by atoms with Gasteiger partial charge in [0.25, 0.3) is 0 Å². The van der Waals surface area contributed by atoms with Gasteiger partial charge in [0, 0.05) is 30.9 Å². The van der Waals surface area contributed by atoms with Crippen LogP contribution < -0.4 is 0 Å². The molecule has 1 aliphatic heterocycles. The zero-order valence-corrected chi connectivity index (χ0v) is 9.91. The molecule has 0 N–H and O–H groups in total. The minimum Gasteiger partial charge on any atom is -0.294 e. The molecule has 2 heterocycles. The smallest absolute Gasteiger partial charge is 0.0798 e. The molecule has 82 valence electrons. The fraction of sp³-hybridized carbons (Fsp3) is 0.308. The Hall–Kier alpha value is -1.19. The number of hydrogen-bond donors (Lipinski definition) is 0. The lowest BCUT2D eigenvalue weighted by Gasteiger charge is -2.25. The van der Waals surface area contributed by atoms with E-state index in [1.807, 2.05) is 5.51 Å². The Kier molecular flexibility index (Phi) is 2.72. The molecule has 0 atom stereocenters. The summed E-state index contributed by atoms with van der Waals surface area (Å²) >= 11 is 1.79. The van der Waals surface area contributed by atoms with Crippen molar-refractivity contribution in [3.63, 3.8) is 0 Å². The summed E-state index contributed by atoms with van der Waals surface area (Å²) in [5, 5.41) is 0. The van der Waals surface area contributed by atoms with Crippen molar-refractivity contribution in [1.29, 1.82) is 0 Å². The average Bonchev–Trinajstić information content (AvgIpc) is 2.77. The highest BCUT2D eigenvalue weighted by molar-refractivity contribution is 7.09. The predicted molar refractivity (Wildman–Crippen MR) is 66.4 cm³/mol. The maximum atomic E-state index is 4.39. The Bertz CT molecular complexity index is 464. The summed E-state index contributed by atoms with van der Waals surface area (Å²) in [6, 6.07) is 10.7. The molecule has 0 saturated heterocycles. The molecule has 0 radical (unpaired) electrons. The molecule has 0 saturated carbocycles. The van der Waals surface area contributed by atoms with Gasteiger partial charge in [-0.3, -0.25) is 4.90 Å². The number of rotatable bonds is 2. The lowest BCUT2D eigenvalue weighted by Crippen LogP contribution is -2.29. The van der Waals surface area contributed by atoms with Gasteiger partial charge in [0.1, 0.15) is 0 Å². The van der Waals surface area contributed by atoms with Crippen molar-refractivity contribution in [3.05, 3.63) is 52.0 Å². The van der Waals surface area contributed by atoms with E-state index in [0.29, 0.717) is 0 Å². The van der Waals surface area contributed by atoms with E-state index in [9.17, 15) is 0 Å². The highest BCUT2D eigenvalue weighted by atomic mass is 32.1. The SMILES string of the molecule is c1ccc(CN2CCc3ncsc3C2)cc1. The van der Waals surface area contributed by atoms with Gasteiger partial charge in [0.05, 0.1) is 11.2 Å². The zero-order chi connectivity index (χ0) is 10.8. The lowest BCUT2D eigenvalue weighted by molar-refractivity contribution is 0.247. The van der Waals surface area contributed by atoms with Gasteiger partial charge in [-0.05, 0) is 5.56 Å². The molecular formula is C13H14N2S. The monoisotopic (exact) mass is 230 g/mol. The highest BCUT2D eigenvalue weighted by Crippen LogP contribution is 2.22. The maximum absolute atomic E-state index is 4.39. The standard InChI is InChI=1S/C13H14N2S/c1-2-4-11(5-3-1)8-15-7-6-12-13(9-15)16-10-14-12/h1-5,10H,6-9H2. The van der Waals surface area contributed by atoms with E-state index in [-0.39, 0.29) is 0 Å². The van der Waals surface area contributed by atoms with Gasteiger partial charge >= 0.3 is 0 Å². The number of hydrogen-bond acceptors (Lipinski definition) is 3. The third kappa shape index (κ3) is 2.01. The van der Waals surface area contributed by atoms with Crippen LogP contribution in [0.25, 0.3) is 0 Å². The zero-order valence-electron chi connectivity index (χ0n) is 9.10. The minimum atomic E-state index is 1.05. The summed E-state index contributed by atoms with van der Waals surface area (Å²) in [5.41, 5.74) is 4.68. The Labute approximate surface area is 99.6 Å². The van der Waals surface area contributed by atoms with Crippen molar-refractivity contribution in [2.45, 2.75) is 19.5 Å². The van der Waals surface area contributed by atoms with Crippen molar-refractivity contribution >= 4 is 11.3 Å². The fourth-order valence-electron chi connectivity index (χ4n) is 2.15. The molecule has 2 nitrogen and oxygen atoms in total. The van der Waals surface area contributed by atoms with Crippen LogP contribution in [-0.4, -0.2) is 16.4 Å². The fourth-order valence-corrected chi connectivity index (χ4v) is 3.00. The largest absolute Gasteiger partial charge is 0.294 e. The Morgan fingerprint density at radius 1 is 1.25 bits per heavy atom. The maximum Gasteiger partial charge on any atom is 0.0798 e. The van der Waals surface area contributed by atoms with Crippen LogP contribution in [0.5, 0.6) is 0 Å². The Balaban J connectivity index is 1.71. The molecule has 1 aliphatic rings. The van der Waals surface area contributed by atoms with E-state index in [4.69, 9.17) is 0 Å². The third-order valence-corrected chi connectivity index (χ3v) is 3.87. The number of aromatic nitrogens is 1. The molecule has 0 aliphatic carbocycles. The summed E-state index contributed by atoms with van der Waals surface area (Å²) in [5.74, 6) is 0. The molecule has 0 unspecified atom stereocenters. The van der Waals surface area contributed by atoms with Crippen LogP contribution in [0.2, 0.25) is 0 Å². The summed E-state index contributed by atoms with van der Waals surface area (Å²) in [7, 11) is 0. The van der Waals surface area contributed by atoms with E-state index in [1.54, 1.807) is 11.3 Å². The molecule has 0 bridgehead atoms. The Morgan fingerprint density at radius 2 is 2.12 bits per heavy atom. The second-order valence-electron chi connectivity index (χ2n) is 4.17. The molecule has 3 heteroatoms. The molecule has 1 aromatic carbocycles. The molecule has 1 aromatic heterocycles. The number of nitrogens with zero attached hydrogens (tertiary/aromatic N) is 2. The lowest BCUT2D eigenvalue weighted by atomic mass is 10.1. The van der Waals surface area contributed by atoms with E-state index in [2.05, 4.69) is 40.2 Å². The van der Waals surface area contributed by atoms with Crippen LogP contribution in [0.4, 0.5) is 0 Å². The predicted octanol–water partition coefficient (Wildman–Crippen LogP) is 2.70. The van der Waals surface area contributed by atoms with Crippen LogP contribution in [0.3, 0.4) is 0 Å². The average molecular weight is 230 g/mol. The summed E-state index contributed by atoms with van der Waals surface area (Å²) in [6.45, 7) is 3.25. The van der Waals surface area contributed by atoms with Gasteiger partial charge < -0.3 is 0 Å². The summed E-state index contributed by atoms with van der Waals surface area (Å²) in [4.78, 5) is 8.33. The van der Waals surface area contributed by atoms with Crippen LogP contribution in [-0.2, 0) is 19.5 Å².